The molecule has 6 rings (SSSR count). The van der Waals surface area contributed by atoms with Crippen molar-refractivity contribution in [2.24, 2.45) is 58.7 Å². The van der Waals surface area contributed by atoms with Gasteiger partial charge in [0.15, 0.2) is 6.29 Å². The van der Waals surface area contributed by atoms with Crippen LogP contribution in [0.3, 0.4) is 0 Å². The Labute approximate surface area is 252 Å². The molecule has 0 amide bonds. The van der Waals surface area contributed by atoms with E-state index in [0.29, 0.717) is 60.2 Å². The minimum atomic E-state index is -1.45. The van der Waals surface area contributed by atoms with Crippen LogP contribution in [0.5, 0.6) is 0 Å². The average molecular weight is 592 g/mol. The molecule has 2 heterocycles. The molecule has 0 spiro atoms. The van der Waals surface area contributed by atoms with Gasteiger partial charge < -0.3 is 34.8 Å². The van der Waals surface area contributed by atoms with E-state index in [1.54, 1.807) is 0 Å². The number of ether oxygens (including phenoxy) is 2. The number of fused-ring (bicyclic) bond motifs is 5. The maximum Gasteiger partial charge on any atom is 0.186 e. The summed E-state index contributed by atoms with van der Waals surface area (Å²) in [5.74, 6) is 5.72. The molecule has 0 aromatic heterocycles. The summed E-state index contributed by atoms with van der Waals surface area (Å²) in [5, 5.41) is 40.4. The molecule has 8 heteroatoms. The fourth-order valence-electron chi connectivity index (χ4n) is 11.5. The van der Waals surface area contributed by atoms with Gasteiger partial charge in [-0.15, -0.1) is 0 Å². The van der Waals surface area contributed by atoms with Crippen molar-refractivity contribution in [3.8, 4) is 0 Å². The molecule has 42 heavy (non-hydrogen) atoms. The molecule has 0 bridgehead atoms. The van der Waals surface area contributed by atoms with Crippen molar-refractivity contribution in [2.45, 2.75) is 128 Å². The number of likely N-dealkylation sites (tertiary alicyclic amines) is 1. The minimum absolute atomic E-state index is 0.0346. The monoisotopic (exact) mass is 591 g/mol. The molecule has 0 radical (unpaired) electrons. The van der Waals surface area contributed by atoms with Crippen LogP contribution in [-0.4, -0.2) is 94.2 Å². The summed E-state index contributed by atoms with van der Waals surface area (Å²) in [5.41, 5.74) is -0.0346. The van der Waals surface area contributed by atoms with Crippen molar-refractivity contribution in [3.63, 3.8) is 0 Å². The fourth-order valence-corrected chi connectivity index (χ4v) is 11.5. The number of aliphatic hydroxyl groups is 4. The van der Waals surface area contributed by atoms with E-state index in [2.05, 4.69) is 39.6 Å². The molecule has 4 saturated carbocycles. The van der Waals surface area contributed by atoms with Gasteiger partial charge in [-0.2, -0.15) is 0 Å². The van der Waals surface area contributed by atoms with Crippen molar-refractivity contribution in [1.29, 1.82) is 0 Å². The van der Waals surface area contributed by atoms with Gasteiger partial charge in [-0.1, -0.05) is 27.7 Å². The van der Waals surface area contributed by atoms with Gasteiger partial charge in [-0.25, -0.2) is 0 Å². The van der Waals surface area contributed by atoms with Crippen LogP contribution in [0.25, 0.3) is 0 Å². The summed E-state index contributed by atoms with van der Waals surface area (Å²) < 4.78 is 11.8. The summed E-state index contributed by atoms with van der Waals surface area (Å²) in [4.78, 5) is 16.5. The number of rotatable bonds is 5. The molecular weight excluding hydrogens is 534 g/mol. The zero-order valence-corrected chi connectivity index (χ0v) is 26.5. The highest BCUT2D eigenvalue weighted by atomic mass is 16.7. The lowest BCUT2D eigenvalue weighted by Crippen LogP contribution is -2.60. The molecule has 0 aromatic carbocycles. The summed E-state index contributed by atoms with van der Waals surface area (Å²) in [6, 6.07) is 0.691. The van der Waals surface area contributed by atoms with Crippen LogP contribution in [0, 0.1) is 58.7 Å². The van der Waals surface area contributed by atoms with Gasteiger partial charge in [0.1, 0.15) is 30.2 Å². The van der Waals surface area contributed by atoms with E-state index in [1.165, 1.54) is 38.6 Å². The summed E-state index contributed by atoms with van der Waals surface area (Å²) in [7, 11) is 2.33. The van der Waals surface area contributed by atoms with Crippen molar-refractivity contribution < 1.29 is 34.7 Å². The second-order valence-corrected chi connectivity index (χ2v) is 15.9. The maximum atomic E-state index is 13.8. The number of nitrogens with zero attached hydrogens (tertiary/aromatic N) is 1. The quantitative estimate of drug-likeness (QED) is 0.360. The van der Waals surface area contributed by atoms with Crippen molar-refractivity contribution >= 4 is 5.78 Å². The van der Waals surface area contributed by atoms with E-state index in [1.807, 2.05) is 0 Å². The topological polar surface area (TPSA) is 120 Å². The SMILES string of the molecule is C[C@H]1CC[C@H]([C@@H](C)[C@@H]2CC[C@@H]3[C@@H](C[C@H]4[C@H]3CC(=O)[C@H]3C[C@@H](O[C@@H]5O[C@H](CO)[C@@H](O)[C@H](O)[C@H]5O)CC[C@@]34C)[C@@H]2C)N(C)C1. The number of carbonyl (C=O) groups excluding carboxylic acids is 1. The number of hydrogen-bond acceptors (Lipinski definition) is 8. The Hall–Kier alpha value is -0.610. The lowest BCUT2D eigenvalue weighted by Gasteiger charge is -2.53. The third kappa shape index (κ3) is 5.23. The Morgan fingerprint density at radius 2 is 1.76 bits per heavy atom. The molecule has 2 saturated heterocycles. The first-order valence-corrected chi connectivity index (χ1v) is 17.1. The second-order valence-electron chi connectivity index (χ2n) is 15.9. The number of piperidine rings is 1. The number of carbonyl (C=O) groups is 1. The molecule has 2 aliphatic heterocycles. The van der Waals surface area contributed by atoms with Crippen molar-refractivity contribution in [1.82, 2.24) is 4.90 Å². The number of ketones is 1. The van der Waals surface area contributed by atoms with Crippen LogP contribution >= 0.6 is 0 Å². The summed E-state index contributed by atoms with van der Waals surface area (Å²) >= 11 is 0. The van der Waals surface area contributed by atoms with Crippen LogP contribution in [0.2, 0.25) is 0 Å². The van der Waals surface area contributed by atoms with Gasteiger partial charge in [0.05, 0.1) is 12.7 Å². The van der Waals surface area contributed by atoms with Crippen LogP contribution in [0.15, 0.2) is 0 Å². The Bertz CT molecular complexity index is 978. The second kappa shape index (κ2) is 12.0. The van der Waals surface area contributed by atoms with Gasteiger partial charge >= 0.3 is 0 Å². The smallest absolute Gasteiger partial charge is 0.186 e. The van der Waals surface area contributed by atoms with E-state index < -0.39 is 37.3 Å². The summed E-state index contributed by atoms with van der Waals surface area (Å²) in [6.07, 6.45) is 2.80. The van der Waals surface area contributed by atoms with Crippen LogP contribution in [-0.2, 0) is 14.3 Å². The van der Waals surface area contributed by atoms with Gasteiger partial charge in [0.2, 0.25) is 0 Å². The average Bonchev–Trinajstić information content (AvgIpc) is 3.34. The standard InChI is InChI=1S/C34H57NO7/c1-17-6-9-27(35(5)15-17)19(3)21-7-8-22-23(18(21)2)13-25-24(22)14-28(37)26-12-20(10-11-34(25,26)4)41-33-32(40)31(39)30(38)29(16-36)42-33/h17-27,29-33,36,38-40H,6-16H2,1-5H3/t17-,18+,19-,20-,21+,22+,23-,24-,25-,26+,27+,29+,30+,31-,32+,33+,34+/m0/s1. The van der Waals surface area contributed by atoms with E-state index in [9.17, 15) is 25.2 Å². The van der Waals surface area contributed by atoms with E-state index >= 15 is 0 Å². The molecule has 8 nitrogen and oxygen atoms in total. The van der Waals surface area contributed by atoms with Gasteiger partial charge in [-0.05, 0) is 111 Å². The molecule has 6 fully saturated rings. The molecular formula is C34H57NO7. The van der Waals surface area contributed by atoms with Crippen LogP contribution < -0.4 is 0 Å². The first kappa shape index (κ1) is 31.4. The largest absolute Gasteiger partial charge is 0.394 e. The van der Waals surface area contributed by atoms with E-state index in [0.717, 1.165) is 24.7 Å². The molecule has 4 N–H and O–H groups in total. The van der Waals surface area contributed by atoms with Gasteiger partial charge in [-0.3, -0.25) is 4.79 Å². The number of aliphatic hydroxyl groups excluding tert-OH is 4. The Kier molecular flexibility index (Phi) is 8.93. The van der Waals surface area contributed by atoms with Crippen molar-refractivity contribution in [3.05, 3.63) is 0 Å². The first-order valence-electron chi connectivity index (χ1n) is 17.1. The number of Topliss-reactive ketones (excluding diaryl/α,β-unsaturated/α-hetero) is 1. The van der Waals surface area contributed by atoms with Crippen molar-refractivity contribution in [2.75, 3.05) is 20.2 Å². The zero-order chi connectivity index (χ0) is 30.1. The normalized spacial score (nSPS) is 54.1. The minimum Gasteiger partial charge on any atom is -0.394 e. The Morgan fingerprint density at radius 3 is 2.48 bits per heavy atom. The highest BCUT2D eigenvalue weighted by Gasteiger charge is 2.62. The third-order valence-corrected chi connectivity index (χ3v) is 13.9. The predicted octanol–water partition coefficient (Wildman–Crippen LogP) is 3.23. The zero-order valence-electron chi connectivity index (χ0n) is 26.5. The fraction of sp³-hybridized carbons (Fsp3) is 0.971. The summed E-state index contributed by atoms with van der Waals surface area (Å²) in [6.45, 7) is 10.6. The Morgan fingerprint density at radius 1 is 1.00 bits per heavy atom. The lowest BCUT2D eigenvalue weighted by molar-refractivity contribution is -0.315. The van der Waals surface area contributed by atoms with Gasteiger partial charge in [0, 0.05) is 24.9 Å². The lowest BCUT2D eigenvalue weighted by atomic mass is 9.51. The molecule has 6 aliphatic rings. The molecule has 17 atom stereocenters. The highest BCUT2D eigenvalue weighted by molar-refractivity contribution is 5.83. The Balaban J connectivity index is 1.12. The molecule has 0 aromatic rings. The third-order valence-electron chi connectivity index (χ3n) is 13.9. The maximum absolute atomic E-state index is 13.8. The number of hydrogen-bond donors (Lipinski definition) is 4. The van der Waals surface area contributed by atoms with Crippen LogP contribution in [0.4, 0.5) is 0 Å². The molecule has 240 valence electrons. The van der Waals surface area contributed by atoms with E-state index in [4.69, 9.17) is 9.47 Å². The molecule has 4 aliphatic carbocycles. The van der Waals surface area contributed by atoms with Crippen LogP contribution in [0.1, 0.15) is 85.5 Å². The highest BCUT2D eigenvalue weighted by Crippen LogP contribution is 2.65. The van der Waals surface area contributed by atoms with Gasteiger partial charge in [0.25, 0.3) is 0 Å². The first-order chi connectivity index (χ1) is 19.9. The molecule has 0 unspecified atom stereocenters. The van der Waals surface area contributed by atoms with E-state index in [-0.39, 0.29) is 17.4 Å². The predicted molar refractivity (Wildman–Crippen MR) is 158 cm³/mol.